The molecule has 0 aliphatic heterocycles. The lowest BCUT2D eigenvalue weighted by Gasteiger charge is -2.50. The second-order valence-electron chi connectivity index (χ2n) is 11.1. The minimum Gasteiger partial charge on any atom is -0.356 e. The van der Waals surface area contributed by atoms with Crippen molar-refractivity contribution in [3.05, 3.63) is 35.9 Å². The van der Waals surface area contributed by atoms with Gasteiger partial charge < -0.3 is 4.74 Å². The van der Waals surface area contributed by atoms with Crippen LogP contribution in [0.25, 0.3) is 0 Å². The molecule has 0 saturated heterocycles. The van der Waals surface area contributed by atoms with E-state index < -0.39 is 0 Å². The number of benzene rings is 1. The van der Waals surface area contributed by atoms with Gasteiger partial charge in [-0.15, -0.1) is 0 Å². The Balaban J connectivity index is 1.54. The lowest BCUT2D eigenvalue weighted by atomic mass is 9.62. The van der Waals surface area contributed by atoms with Crippen molar-refractivity contribution in [2.75, 3.05) is 6.54 Å². The Labute approximate surface area is 179 Å². The number of hydrogen-bond acceptors (Lipinski definition) is 2. The first-order valence-corrected chi connectivity index (χ1v) is 12.4. The SMILES string of the molecule is CCC(NCC1CCCCC1)OC1(Cc2ccccc2)CC2CCC1(C)C2(C)C. The molecule has 3 aliphatic rings. The van der Waals surface area contributed by atoms with Crippen molar-refractivity contribution in [2.24, 2.45) is 22.7 Å². The topological polar surface area (TPSA) is 21.3 Å². The quantitative estimate of drug-likeness (QED) is 0.491. The molecule has 2 heteroatoms. The molecule has 0 spiro atoms. The van der Waals surface area contributed by atoms with Gasteiger partial charge in [0.05, 0.1) is 5.60 Å². The van der Waals surface area contributed by atoms with Crippen LogP contribution >= 0.6 is 0 Å². The zero-order valence-electron chi connectivity index (χ0n) is 19.3. The standard InChI is InChI=1S/C27H43NO/c1-5-24(28-20-22-14-10-7-11-15-22)29-27(18-21-12-8-6-9-13-21)19-23-16-17-26(27,4)25(23,2)3/h6,8-9,12-13,22-24,28H,5,7,10-11,14-20H2,1-4H3. The summed E-state index contributed by atoms with van der Waals surface area (Å²) in [5.41, 5.74) is 1.96. The van der Waals surface area contributed by atoms with Crippen molar-refractivity contribution in [1.29, 1.82) is 0 Å². The van der Waals surface area contributed by atoms with Gasteiger partial charge in [-0.25, -0.2) is 0 Å². The molecule has 29 heavy (non-hydrogen) atoms. The summed E-state index contributed by atoms with van der Waals surface area (Å²) in [5.74, 6) is 1.63. The Morgan fingerprint density at radius 3 is 2.34 bits per heavy atom. The molecule has 3 fully saturated rings. The third-order valence-corrected chi connectivity index (χ3v) is 9.45. The second kappa shape index (κ2) is 8.35. The zero-order chi connectivity index (χ0) is 20.5. The summed E-state index contributed by atoms with van der Waals surface area (Å²) in [6.45, 7) is 11.0. The van der Waals surface area contributed by atoms with Gasteiger partial charge in [0.25, 0.3) is 0 Å². The Hall–Kier alpha value is -0.860. The molecule has 162 valence electrons. The normalized spacial score (nSPS) is 35.1. The van der Waals surface area contributed by atoms with Crippen LogP contribution < -0.4 is 5.32 Å². The number of rotatable bonds is 8. The van der Waals surface area contributed by atoms with E-state index in [1.165, 1.54) is 56.9 Å². The minimum absolute atomic E-state index is 0.0546. The molecule has 0 aromatic heterocycles. The summed E-state index contributed by atoms with van der Waals surface area (Å²) in [5, 5.41) is 3.86. The second-order valence-corrected chi connectivity index (χ2v) is 11.1. The summed E-state index contributed by atoms with van der Waals surface area (Å²) in [4.78, 5) is 0. The van der Waals surface area contributed by atoms with Gasteiger partial charge >= 0.3 is 0 Å². The Bertz CT molecular complexity index is 664. The zero-order valence-corrected chi connectivity index (χ0v) is 19.3. The van der Waals surface area contributed by atoms with Crippen LogP contribution in [0.5, 0.6) is 0 Å². The van der Waals surface area contributed by atoms with Crippen molar-refractivity contribution in [3.63, 3.8) is 0 Å². The molecule has 4 atom stereocenters. The van der Waals surface area contributed by atoms with Crippen LogP contribution in [-0.2, 0) is 11.2 Å². The average Bonchev–Trinajstić information content (AvgIpc) is 3.05. The van der Waals surface area contributed by atoms with E-state index >= 15 is 0 Å². The fourth-order valence-corrected chi connectivity index (χ4v) is 7.04. The summed E-state index contributed by atoms with van der Waals surface area (Å²) in [6, 6.07) is 11.1. The van der Waals surface area contributed by atoms with Crippen LogP contribution in [0.3, 0.4) is 0 Å². The highest BCUT2D eigenvalue weighted by Crippen LogP contribution is 2.71. The van der Waals surface area contributed by atoms with Crippen molar-refractivity contribution in [2.45, 2.75) is 104 Å². The summed E-state index contributed by atoms with van der Waals surface area (Å²) in [6.07, 6.45) is 13.2. The van der Waals surface area contributed by atoms with E-state index in [0.717, 1.165) is 31.2 Å². The van der Waals surface area contributed by atoms with Crippen molar-refractivity contribution < 1.29 is 4.74 Å². The summed E-state index contributed by atoms with van der Waals surface area (Å²) >= 11 is 0. The van der Waals surface area contributed by atoms with Crippen molar-refractivity contribution >= 4 is 0 Å². The maximum Gasteiger partial charge on any atom is 0.108 e. The van der Waals surface area contributed by atoms with E-state index in [4.69, 9.17) is 4.74 Å². The highest BCUT2D eigenvalue weighted by Gasteiger charge is 2.69. The number of hydrogen-bond donors (Lipinski definition) is 1. The van der Waals surface area contributed by atoms with Gasteiger partial charge in [-0.1, -0.05) is 77.3 Å². The number of ether oxygens (including phenoxy) is 1. The third-order valence-electron chi connectivity index (χ3n) is 9.45. The first-order valence-electron chi connectivity index (χ1n) is 12.4. The maximum atomic E-state index is 7.20. The van der Waals surface area contributed by atoms with E-state index in [0.29, 0.717) is 5.41 Å². The van der Waals surface area contributed by atoms with Gasteiger partial charge in [0, 0.05) is 18.4 Å². The number of nitrogens with one attached hydrogen (secondary N) is 1. The molecule has 4 rings (SSSR count). The van der Waals surface area contributed by atoms with Crippen molar-refractivity contribution in [1.82, 2.24) is 5.32 Å². The van der Waals surface area contributed by atoms with Gasteiger partial charge in [0.2, 0.25) is 0 Å². The van der Waals surface area contributed by atoms with E-state index in [2.05, 4.69) is 63.3 Å². The molecule has 0 amide bonds. The maximum absolute atomic E-state index is 7.20. The van der Waals surface area contributed by atoms with Gasteiger partial charge in [-0.05, 0) is 61.3 Å². The molecule has 3 aliphatic carbocycles. The van der Waals surface area contributed by atoms with Gasteiger partial charge in [0.15, 0.2) is 0 Å². The lowest BCUT2D eigenvalue weighted by Crippen LogP contribution is -2.54. The highest BCUT2D eigenvalue weighted by molar-refractivity contribution is 5.25. The van der Waals surface area contributed by atoms with E-state index in [9.17, 15) is 0 Å². The van der Waals surface area contributed by atoms with Crippen LogP contribution in [0, 0.1) is 22.7 Å². The van der Waals surface area contributed by atoms with E-state index in [-0.39, 0.29) is 17.2 Å². The van der Waals surface area contributed by atoms with Crippen LogP contribution in [0.15, 0.2) is 30.3 Å². The lowest BCUT2D eigenvalue weighted by molar-refractivity contribution is -0.179. The first-order chi connectivity index (χ1) is 13.9. The third kappa shape index (κ3) is 3.81. The number of fused-ring (bicyclic) bond motifs is 2. The highest BCUT2D eigenvalue weighted by atomic mass is 16.5. The monoisotopic (exact) mass is 397 g/mol. The summed E-state index contributed by atoms with van der Waals surface area (Å²) < 4.78 is 7.20. The van der Waals surface area contributed by atoms with Crippen LogP contribution in [0.2, 0.25) is 0 Å². The van der Waals surface area contributed by atoms with Crippen molar-refractivity contribution in [3.8, 4) is 0 Å². The van der Waals surface area contributed by atoms with Crippen LogP contribution in [0.4, 0.5) is 0 Å². The van der Waals surface area contributed by atoms with Crippen LogP contribution in [0.1, 0.15) is 91.0 Å². The fraction of sp³-hybridized carbons (Fsp3) is 0.778. The Morgan fingerprint density at radius 1 is 1.03 bits per heavy atom. The fourth-order valence-electron chi connectivity index (χ4n) is 7.04. The molecule has 0 radical (unpaired) electrons. The predicted octanol–water partition coefficient (Wildman–Crippen LogP) is 6.74. The Morgan fingerprint density at radius 2 is 1.76 bits per heavy atom. The van der Waals surface area contributed by atoms with E-state index in [1.54, 1.807) is 0 Å². The minimum atomic E-state index is -0.0546. The average molecular weight is 398 g/mol. The molecule has 1 aromatic carbocycles. The first kappa shape index (κ1) is 21.4. The molecule has 0 heterocycles. The smallest absolute Gasteiger partial charge is 0.108 e. The van der Waals surface area contributed by atoms with Gasteiger partial charge in [0.1, 0.15) is 6.23 Å². The molecular weight excluding hydrogens is 354 g/mol. The van der Waals surface area contributed by atoms with Crippen LogP contribution in [-0.4, -0.2) is 18.4 Å². The van der Waals surface area contributed by atoms with Gasteiger partial charge in [-0.3, -0.25) is 5.32 Å². The van der Waals surface area contributed by atoms with Gasteiger partial charge in [-0.2, -0.15) is 0 Å². The predicted molar refractivity (Wildman–Crippen MR) is 122 cm³/mol. The summed E-state index contributed by atoms with van der Waals surface area (Å²) in [7, 11) is 0. The molecule has 2 nitrogen and oxygen atoms in total. The molecule has 2 bridgehead atoms. The molecule has 4 unspecified atom stereocenters. The molecule has 3 saturated carbocycles. The molecular formula is C27H43NO. The molecule has 1 aromatic rings. The Kier molecular flexibility index (Phi) is 6.15. The molecule has 1 N–H and O–H groups in total. The largest absolute Gasteiger partial charge is 0.356 e. The van der Waals surface area contributed by atoms with E-state index in [1.807, 2.05) is 0 Å².